The smallest absolute Gasteiger partial charge is 0.326 e. The molecule has 3 heterocycles. The molecule has 1 amide bonds. The highest BCUT2D eigenvalue weighted by atomic mass is 16.5. The lowest BCUT2D eigenvalue weighted by Gasteiger charge is -2.27. The molecule has 5 rings (SSSR count). The van der Waals surface area contributed by atoms with E-state index in [-0.39, 0.29) is 23.5 Å². The van der Waals surface area contributed by atoms with Gasteiger partial charge in [0.2, 0.25) is 5.91 Å². The fraction of sp³-hybridized carbons (Fsp3) is 0.429. The molecule has 4 aromatic rings. The van der Waals surface area contributed by atoms with Crippen LogP contribution in [0.4, 0.5) is 0 Å². The van der Waals surface area contributed by atoms with Crippen molar-refractivity contribution >= 4 is 17.7 Å². The van der Waals surface area contributed by atoms with E-state index in [0.717, 1.165) is 46.7 Å². The number of pyridine rings is 1. The number of benzene rings is 2. The standard InChI is InChI=1S/C42H50N4O5/c1-5-6-7-8-9-23-51-35-19-16-30(17-20-35)34-27-44-39(45-28-34)31-14-12-29(13-15-31)24-33(40(48)46-22-10-11-36(46)41(49)50)25-37(47)32-18-21-38(43-26-32)42(2,3)4/h12-21,26-28,33,36H,5-11,22-25H2,1-4H3,(H,49,50)/t33-,36+/m1/s1. The minimum Gasteiger partial charge on any atom is -0.494 e. The molecule has 9 nitrogen and oxygen atoms in total. The monoisotopic (exact) mass is 690 g/mol. The zero-order chi connectivity index (χ0) is 36.4. The fourth-order valence-electron chi connectivity index (χ4n) is 6.45. The van der Waals surface area contributed by atoms with Gasteiger partial charge in [-0.3, -0.25) is 14.6 Å². The molecule has 0 radical (unpaired) electrons. The first-order valence-electron chi connectivity index (χ1n) is 18.2. The number of carbonyl (C=O) groups excluding carboxylic acids is 2. The van der Waals surface area contributed by atoms with Gasteiger partial charge in [-0.2, -0.15) is 0 Å². The summed E-state index contributed by atoms with van der Waals surface area (Å²) in [4.78, 5) is 54.4. The number of carboxylic acid groups (broad SMARTS) is 1. The maximum Gasteiger partial charge on any atom is 0.326 e. The molecule has 0 unspecified atom stereocenters. The first-order chi connectivity index (χ1) is 24.5. The van der Waals surface area contributed by atoms with E-state index in [9.17, 15) is 19.5 Å². The number of unbranched alkanes of at least 4 members (excludes halogenated alkanes) is 4. The van der Waals surface area contributed by atoms with E-state index >= 15 is 0 Å². The molecule has 268 valence electrons. The second-order valence-electron chi connectivity index (χ2n) is 14.5. The number of ketones is 1. The highest BCUT2D eigenvalue weighted by Gasteiger charge is 2.38. The van der Waals surface area contributed by atoms with Crippen LogP contribution in [0, 0.1) is 5.92 Å². The maximum atomic E-state index is 13.8. The van der Waals surface area contributed by atoms with Gasteiger partial charge in [-0.15, -0.1) is 0 Å². The third-order valence-corrected chi connectivity index (χ3v) is 9.51. The molecule has 1 aliphatic heterocycles. The Balaban J connectivity index is 1.25. The van der Waals surface area contributed by atoms with Crippen LogP contribution in [0.2, 0.25) is 0 Å². The number of hydrogen-bond donors (Lipinski definition) is 1. The molecule has 51 heavy (non-hydrogen) atoms. The summed E-state index contributed by atoms with van der Waals surface area (Å²) >= 11 is 0. The van der Waals surface area contributed by atoms with Crippen molar-refractivity contribution in [1.82, 2.24) is 19.9 Å². The molecule has 0 saturated carbocycles. The maximum absolute atomic E-state index is 13.8. The van der Waals surface area contributed by atoms with Gasteiger partial charge >= 0.3 is 5.97 Å². The lowest BCUT2D eigenvalue weighted by atomic mass is 9.89. The Morgan fingerprint density at radius 2 is 1.53 bits per heavy atom. The summed E-state index contributed by atoms with van der Waals surface area (Å²) in [7, 11) is 0. The first kappa shape index (κ1) is 37.3. The van der Waals surface area contributed by atoms with Crippen LogP contribution in [-0.4, -0.2) is 61.8 Å². The Kier molecular flexibility index (Phi) is 12.7. The number of hydrogen-bond acceptors (Lipinski definition) is 7. The van der Waals surface area contributed by atoms with Crippen LogP contribution in [0.25, 0.3) is 22.5 Å². The van der Waals surface area contributed by atoms with E-state index in [1.807, 2.05) is 54.6 Å². The molecule has 1 N–H and O–H groups in total. The number of rotatable bonds is 16. The second kappa shape index (κ2) is 17.3. The largest absolute Gasteiger partial charge is 0.494 e. The van der Waals surface area contributed by atoms with Gasteiger partial charge in [-0.1, -0.05) is 89.8 Å². The SMILES string of the molecule is CCCCCCCOc1ccc(-c2cnc(-c3ccc(C[C@H](CC(=O)c4ccc(C(C)(C)C)nc4)C(=O)N4CCC[C@H]4C(=O)O)cc3)nc2)cc1. The zero-order valence-electron chi connectivity index (χ0n) is 30.3. The summed E-state index contributed by atoms with van der Waals surface area (Å²) < 4.78 is 5.90. The Morgan fingerprint density at radius 1 is 0.843 bits per heavy atom. The van der Waals surface area contributed by atoms with E-state index in [4.69, 9.17) is 4.74 Å². The van der Waals surface area contributed by atoms with Gasteiger partial charge in [0.15, 0.2) is 11.6 Å². The van der Waals surface area contributed by atoms with Crippen LogP contribution >= 0.6 is 0 Å². The summed E-state index contributed by atoms with van der Waals surface area (Å²) in [5, 5.41) is 9.76. The van der Waals surface area contributed by atoms with Crippen LogP contribution in [0.15, 0.2) is 79.3 Å². The van der Waals surface area contributed by atoms with E-state index < -0.39 is 17.9 Å². The second-order valence-corrected chi connectivity index (χ2v) is 14.5. The molecule has 1 aliphatic rings. The van der Waals surface area contributed by atoms with Gasteiger partial charge in [0.25, 0.3) is 0 Å². The Labute approximate surface area is 301 Å². The molecule has 0 aliphatic carbocycles. The Bertz CT molecular complexity index is 1750. The van der Waals surface area contributed by atoms with Crippen molar-refractivity contribution in [1.29, 1.82) is 0 Å². The molecule has 2 aromatic heterocycles. The molecule has 1 saturated heterocycles. The lowest BCUT2D eigenvalue weighted by molar-refractivity contribution is -0.149. The molecule has 2 atom stereocenters. The van der Waals surface area contributed by atoms with Crippen molar-refractivity contribution < 1.29 is 24.2 Å². The third kappa shape index (κ3) is 10.1. The number of amides is 1. The highest BCUT2D eigenvalue weighted by Crippen LogP contribution is 2.28. The number of Topliss-reactive ketones (excluding diaryl/α,β-unsaturated/α-hetero) is 1. The number of likely N-dealkylation sites (tertiary alicyclic amines) is 1. The van der Waals surface area contributed by atoms with Crippen LogP contribution in [0.1, 0.15) is 101 Å². The number of aromatic nitrogens is 3. The highest BCUT2D eigenvalue weighted by molar-refractivity contribution is 5.99. The van der Waals surface area contributed by atoms with E-state index in [0.29, 0.717) is 37.2 Å². The normalized spacial score (nSPS) is 15.1. The van der Waals surface area contributed by atoms with Crippen molar-refractivity contribution in [2.24, 2.45) is 5.92 Å². The topological polar surface area (TPSA) is 123 Å². The number of carboxylic acids is 1. The Hall–Kier alpha value is -4.92. The summed E-state index contributed by atoms with van der Waals surface area (Å²) in [6.07, 6.45) is 12.5. The summed E-state index contributed by atoms with van der Waals surface area (Å²) in [5.41, 5.74) is 4.73. The quantitative estimate of drug-likeness (QED) is 0.0920. The molecule has 0 bridgehead atoms. The zero-order valence-corrected chi connectivity index (χ0v) is 30.3. The van der Waals surface area contributed by atoms with Gasteiger partial charge in [-0.25, -0.2) is 14.8 Å². The van der Waals surface area contributed by atoms with E-state index in [1.54, 1.807) is 24.7 Å². The summed E-state index contributed by atoms with van der Waals surface area (Å²) in [6.45, 7) is 9.47. The van der Waals surface area contributed by atoms with E-state index in [2.05, 4.69) is 42.6 Å². The van der Waals surface area contributed by atoms with Gasteiger partial charge in [0, 0.05) is 65.3 Å². The van der Waals surface area contributed by atoms with Crippen LogP contribution in [0.3, 0.4) is 0 Å². The number of ether oxygens (including phenoxy) is 1. The summed E-state index contributed by atoms with van der Waals surface area (Å²) in [5.74, 6) is -0.811. The predicted octanol–water partition coefficient (Wildman–Crippen LogP) is 8.36. The predicted molar refractivity (Wildman–Crippen MR) is 199 cm³/mol. The average molecular weight is 691 g/mol. The minimum atomic E-state index is -1.02. The van der Waals surface area contributed by atoms with Gasteiger partial charge in [0.1, 0.15) is 11.8 Å². The van der Waals surface area contributed by atoms with Crippen molar-refractivity contribution in [3.05, 3.63) is 96.1 Å². The van der Waals surface area contributed by atoms with Crippen LogP contribution < -0.4 is 4.74 Å². The Morgan fingerprint density at radius 3 is 2.16 bits per heavy atom. The lowest BCUT2D eigenvalue weighted by Crippen LogP contribution is -2.44. The average Bonchev–Trinajstić information content (AvgIpc) is 3.64. The molecular weight excluding hydrogens is 640 g/mol. The minimum absolute atomic E-state index is 0.0449. The fourth-order valence-corrected chi connectivity index (χ4v) is 6.45. The molecule has 2 aromatic carbocycles. The molecule has 9 heteroatoms. The number of nitrogens with zero attached hydrogens (tertiary/aromatic N) is 4. The van der Waals surface area contributed by atoms with Gasteiger partial charge in [0.05, 0.1) is 6.61 Å². The number of carbonyl (C=O) groups is 3. The van der Waals surface area contributed by atoms with Crippen LogP contribution in [0.5, 0.6) is 5.75 Å². The van der Waals surface area contributed by atoms with Crippen molar-refractivity contribution in [3.63, 3.8) is 0 Å². The van der Waals surface area contributed by atoms with Crippen molar-refractivity contribution in [2.75, 3.05) is 13.2 Å². The molecular formula is C42H50N4O5. The van der Waals surface area contributed by atoms with Crippen molar-refractivity contribution in [2.45, 2.75) is 96.9 Å². The number of aliphatic carboxylic acids is 1. The third-order valence-electron chi connectivity index (χ3n) is 9.51. The molecule has 1 fully saturated rings. The van der Waals surface area contributed by atoms with Gasteiger partial charge in [-0.05, 0) is 61.1 Å². The van der Waals surface area contributed by atoms with Gasteiger partial charge < -0.3 is 14.7 Å². The van der Waals surface area contributed by atoms with Crippen molar-refractivity contribution in [3.8, 4) is 28.3 Å². The van der Waals surface area contributed by atoms with E-state index in [1.165, 1.54) is 30.6 Å². The summed E-state index contributed by atoms with van der Waals surface area (Å²) in [6, 6.07) is 18.4. The first-order valence-corrected chi connectivity index (χ1v) is 18.2. The van der Waals surface area contributed by atoms with Crippen LogP contribution in [-0.2, 0) is 21.4 Å². The molecule has 0 spiro atoms.